The van der Waals surface area contributed by atoms with Crippen LogP contribution < -0.4 is 10.6 Å². The van der Waals surface area contributed by atoms with Crippen molar-refractivity contribution in [1.29, 1.82) is 0 Å². The van der Waals surface area contributed by atoms with Gasteiger partial charge in [0.1, 0.15) is 6.10 Å². The monoisotopic (exact) mass is 275 g/mol. The molecule has 1 aromatic rings. The molecule has 0 bridgehead atoms. The SMILES string of the molecule is N[C@@H]1CCN(C(=O)O[C@@H]2CCN(c3ccccc3)C2)C1. The minimum Gasteiger partial charge on any atom is -0.444 e. The highest BCUT2D eigenvalue weighted by atomic mass is 16.6. The molecule has 5 nitrogen and oxygen atoms in total. The van der Waals surface area contributed by atoms with Gasteiger partial charge in [-0.1, -0.05) is 18.2 Å². The second-order valence-electron chi connectivity index (χ2n) is 5.57. The highest BCUT2D eigenvalue weighted by Crippen LogP contribution is 2.22. The average Bonchev–Trinajstić information content (AvgIpc) is 3.09. The van der Waals surface area contributed by atoms with Crippen molar-refractivity contribution in [3.05, 3.63) is 30.3 Å². The minimum absolute atomic E-state index is 0.0143. The third-order valence-electron chi connectivity index (χ3n) is 4.02. The highest BCUT2D eigenvalue weighted by Gasteiger charge is 2.30. The minimum atomic E-state index is -0.210. The number of carbonyl (C=O) groups excluding carboxylic acids is 1. The second kappa shape index (κ2) is 5.71. The van der Waals surface area contributed by atoms with Gasteiger partial charge in [0.05, 0.1) is 6.54 Å². The summed E-state index contributed by atoms with van der Waals surface area (Å²) in [5, 5.41) is 0. The number of anilines is 1. The number of likely N-dealkylation sites (tertiary alicyclic amines) is 1. The molecule has 0 radical (unpaired) electrons. The average molecular weight is 275 g/mol. The fourth-order valence-electron chi connectivity index (χ4n) is 2.87. The van der Waals surface area contributed by atoms with Crippen molar-refractivity contribution in [2.24, 2.45) is 5.73 Å². The zero-order valence-corrected chi connectivity index (χ0v) is 11.6. The van der Waals surface area contributed by atoms with Crippen molar-refractivity contribution in [2.45, 2.75) is 25.0 Å². The summed E-state index contributed by atoms with van der Waals surface area (Å²) >= 11 is 0. The first-order valence-corrected chi connectivity index (χ1v) is 7.23. The fourth-order valence-corrected chi connectivity index (χ4v) is 2.87. The normalized spacial score (nSPS) is 26.1. The molecule has 3 rings (SSSR count). The number of carbonyl (C=O) groups is 1. The van der Waals surface area contributed by atoms with Crippen molar-refractivity contribution >= 4 is 11.8 Å². The van der Waals surface area contributed by atoms with E-state index in [9.17, 15) is 4.79 Å². The van der Waals surface area contributed by atoms with E-state index in [4.69, 9.17) is 10.5 Å². The zero-order chi connectivity index (χ0) is 13.9. The van der Waals surface area contributed by atoms with E-state index < -0.39 is 0 Å². The Kier molecular flexibility index (Phi) is 3.78. The summed E-state index contributed by atoms with van der Waals surface area (Å²) in [7, 11) is 0. The number of hydrogen-bond donors (Lipinski definition) is 1. The molecular weight excluding hydrogens is 254 g/mol. The Bertz CT molecular complexity index is 465. The Labute approximate surface area is 119 Å². The molecule has 0 saturated carbocycles. The summed E-state index contributed by atoms with van der Waals surface area (Å²) in [6, 6.07) is 10.3. The zero-order valence-electron chi connectivity index (χ0n) is 11.6. The van der Waals surface area contributed by atoms with Gasteiger partial charge in [-0.15, -0.1) is 0 Å². The highest BCUT2D eigenvalue weighted by molar-refractivity contribution is 5.68. The number of ether oxygens (including phenoxy) is 1. The second-order valence-corrected chi connectivity index (χ2v) is 5.57. The van der Waals surface area contributed by atoms with E-state index in [-0.39, 0.29) is 18.2 Å². The molecule has 2 aliphatic heterocycles. The van der Waals surface area contributed by atoms with E-state index in [1.165, 1.54) is 5.69 Å². The molecule has 108 valence electrons. The van der Waals surface area contributed by atoms with Crippen LogP contribution in [0.5, 0.6) is 0 Å². The lowest BCUT2D eigenvalue weighted by molar-refractivity contribution is 0.0772. The number of nitrogens with two attached hydrogens (primary N) is 1. The molecule has 1 aromatic carbocycles. The van der Waals surface area contributed by atoms with Gasteiger partial charge in [0.2, 0.25) is 0 Å². The molecule has 20 heavy (non-hydrogen) atoms. The van der Waals surface area contributed by atoms with Gasteiger partial charge in [-0.2, -0.15) is 0 Å². The molecule has 0 spiro atoms. The standard InChI is InChI=1S/C15H21N3O2/c16-12-6-8-18(10-12)15(19)20-14-7-9-17(11-14)13-4-2-1-3-5-13/h1-5,12,14H,6-11,16H2/t12-,14-/m1/s1. The molecule has 0 unspecified atom stereocenters. The van der Waals surface area contributed by atoms with Gasteiger partial charge in [0.15, 0.2) is 0 Å². The molecule has 0 aliphatic carbocycles. The van der Waals surface area contributed by atoms with Crippen LogP contribution in [0.4, 0.5) is 10.5 Å². The Morgan fingerprint density at radius 2 is 1.95 bits per heavy atom. The van der Waals surface area contributed by atoms with E-state index in [2.05, 4.69) is 17.0 Å². The maximum atomic E-state index is 12.0. The van der Waals surface area contributed by atoms with Crippen LogP contribution in [0.1, 0.15) is 12.8 Å². The first-order valence-electron chi connectivity index (χ1n) is 7.23. The fraction of sp³-hybridized carbons (Fsp3) is 0.533. The number of rotatable bonds is 2. The predicted octanol–water partition coefficient (Wildman–Crippen LogP) is 1.43. The van der Waals surface area contributed by atoms with Crippen molar-refractivity contribution < 1.29 is 9.53 Å². The third kappa shape index (κ3) is 2.88. The molecule has 5 heteroatoms. The Morgan fingerprint density at radius 1 is 1.15 bits per heavy atom. The van der Waals surface area contributed by atoms with Gasteiger partial charge in [0, 0.05) is 37.8 Å². The predicted molar refractivity (Wildman–Crippen MR) is 77.7 cm³/mol. The van der Waals surface area contributed by atoms with Crippen LogP contribution in [-0.4, -0.2) is 49.3 Å². The number of amides is 1. The molecule has 1 amide bonds. The topological polar surface area (TPSA) is 58.8 Å². The molecule has 2 saturated heterocycles. The first-order chi connectivity index (χ1) is 9.72. The summed E-state index contributed by atoms with van der Waals surface area (Å²) < 4.78 is 5.59. The number of benzene rings is 1. The molecular formula is C15H21N3O2. The van der Waals surface area contributed by atoms with Crippen LogP contribution in [0, 0.1) is 0 Å². The van der Waals surface area contributed by atoms with Crippen LogP contribution in [0.15, 0.2) is 30.3 Å². The van der Waals surface area contributed by atoms with Gasteiger partial charge < -0.3 is 20.3 Å². The number of nitrogens with zero attached hydrogens (tertiary/aromatic N) is 2. The summed E-state index contributed by atoms with van der Waals surface area (Å²) in [6.45, 7) is 3.04. The van der Waals surface area contributed by atoms with Gasteiger partial charge in [-0.25, -0.2) is 4.79 Å². The van der Waals surface area contributed by atoms with E-state index in [0.29, 0.717) is 6.54 Å². The Hall–Kier alpha value is -1.75. The Morgan fingerprint density at radius 3 is 2.65 bits per heavy atom. The van der Waals surface area contributed by atoms with E-state index >= 15 is 0 Å². The van der Waals surface area contributed by atoms with Crippen molar-refractivity contribution in [3.8, 4) is 0 Å². The number of hydrogen-bond acceptors (Lipinski definition) is 4. The molecule has 2 N–H and O–H groups in total. The first kappa shape index (κ1) is 13.2. The summed E-state index contributed by atoms with van der Waals surface area (Å²) in [6.07, 6.45) is 1.54. The molecule has 2 fully saturated rings. The number of para-hydroxylation sites is 1. The van der Waals surface area contributed by atoms with Gasteiger partial charge >= 0.3 is 6.09 Å². The van der Waals surface area contributed by atoms with Crippen LogP contribution in [0.25, 0.3) is 0 Å². The molecule has 0 aromatic heterocycles. The quantitative estimate of drug-likeness (QED) is 0.887. The molecule has 2 aliphatic rings. The molecule has 2 atom stereocenters. The van der Waals surface area contributed by atoms with Crippen molar-refractivity contribution in [2.75, 3.05) is 31.1 Å². The summed E-state index contributed by atoms with van der Waals surface area (Å²) in [4.78, 5) is 16.0. The van der Waals surface area contributed by atoms with Crippen LogP contribution in [-0.2, 0) is 4.74 Å². The lowest BCUT2D eigenvalue weighted by Gasteiger charge is -2.21. The summed E-state index contributed by atoms with van der Waals surface area (Å²) in [5.41, 5.74) is 7.00. The lowest BCUT2D eigenvalue weighted by atomic mass is 10.3. The maximum absolute atomic E-state index is 12.0. The maximum Gasteiger partial charge on any atom is 0.410 e. The van der Waals surface area contributed by atoms with Gasteiger partial charge in [-0.05, 0) is 18.6 Å². The lowest BCUT2D eigenvalue weighted by Crippen LogP contribution is -2.35. The van der Waals surface area contributed by atoms with Crippen LogP contribution in [0.2, 0.25) is 0 Å². The largest absolute Gasteiger partial charge is 0.444 e. The van der Waals surface area contributed by atoms with Crippen LogP contribution >= 0.6 is 0 Å². The molecule has 2 heterocycles. The smallest absolute Gasteiger partial charge is 0.410 e. The van der Waals surface area contributed by atoms with Crippen LogP contribution in [0.3, 0.4) is 0 Å². The third-order valence-corrected chi connectivity index (χ3v) is 4.02. The Balaban J connectivity index is 1.52. The van der Waals surface area contributed by atoms with Gasteiger partial charge in [-0.3, -0.25) is 0 Å². The van der Waals surface area contributed by atoms with E-state index in [1.807, 2.05) is 18.2 Å². The summed E-state index contributed by atoms with van der Waals surface area (Å²) in [5.74, 6) is 0. The van der Waals surface area contributed by atoms with E-state index in [0.717, 1.165) is 32.5 Å². The van der Waals surface area contributed by atoms with Crippen molar-refractivity contribution in [3.63, 3.8) is 0 Å². The van der Waals surface area contributed by atoms with E-state index in [1.54, 1.807) is 4.90 Å². The van der Waals surface area contributed by atoms with Crippen molar-refractivity contribution in [1.82, 2.24) is 4.90 Å². The van der Waals surface area contributed by atoms with Gasteiger partial charge in [0.25, 0.3) is 0 Å².